The van der Waals surface area contributed by atoms with Crippen LogP contribution in [-0.4, -0.2) is 122 Å². The third-order valence-corrected chi connectivity index (χ3v) is 4.45. The summed E-state index contributed by atoms with van der Waals surface area (Å²) in [6, 6.07) is 0.995. The van der Waals surface area contributed by atoms with Crippen molar-refractivity contribution in [3.8, 4) is 0 Å². The van der Waals surface area contributed by atoms with Gasteiger partial charge in [-0.25, -0.2) is 6.29 Å². The van der Waals surface area contributed by atoms with Gasteiger partial charge in [-0.15, -0.1) is 0 Å². The third kappa shape index (κ3) is 95.2. The van der Waals surface area contributed by atoms with Crippen molar-refractivity contribution in [1.29, 1.82) is 0 Å². The number of carbonyl (C=O) groups excluding carboxylic acids is 6. The van der Waals surface area contributed by atoms with E-state index in [2.05, 4.69) is 29.8 Å². The summed E-state index contributed by atoms with van der Waals surface area (Å²) in [5.41, 5.74) is 5.21. The van der Waals surface area contributed by atoms with Crippen molar-refractivity contribution in [3.63, 3.8) is 0 Å². The van der Waals surface area contributed by atoms with Crippen LogP contribution in [0.5, 0.6) is 0 Å². The van der Waals surface area contributed by atoms with Crippen LogP contribution in [0.3, 0.4) is 0 Å². The Kier molecular flexibility index (Phi) is 108. The molecule has 0 heterocycles. The molecule has 0 aromatic rings. The molecule has 24 heteroatoms. The predicted octanol–water partition coefficient (Wildman–Crippen LogP) is -23.8. The van der Waals surface area contributed by atoms with Gasteiger partial charge in [0.2, 0.25) is 0 Å². The first-order valence-corrected chi connectivity index (χ1v) is 14.1. The standard InChI is InChI=1S/C8H16N2O4.C8H15N2O3.C5H14N2.2C3H6O2.6Na.H2O/c1-6(2)9-3-4-10(8(13)14)5-7(11)12;1-7(2)10(5-6-11)4-3-9-8(12)13;1-5(2)7-4-3-6;2*1-2-3(4)5;;;;;;;/h6,9H,3-5H2,1-2H3,(H,11,12)(H,13,14);7,9H,3-5H2,1-2H3,(H,12,13);5,7H,3-4,6H2,1-2H3;2*2H2,1H3,(H,4,5);;;;;;;1H2/q;-1;;;;6*+1;/p-6. The van der Waals surface area contributed by atoms with E-state index < -0.39 is 36.6 Å². The summed E-state index contributed by atoms with van der Waals surface area (Å²) in [6.07, 6.45) is -0.798. The fourth-order valence-corrected chi connectivity index (χ4v) is 2.16. The number of amides is 2. The second-order valence-corrected chi connectivity index (χ2v) is 9.44. The summed E-state index contributed by atoms with van der Waals surface area (Å²) in [6.45, 7) is 17.4. The smallest absolute Gasteiger partial charge is 0.870 e. The molecule has 0 spiro atoms. The molecule has 0 radical (unpaired) electrons. The van der Waals surface area contributed by atoms with E-state index in [-0.39, 0.29) is 227 Å². The number of hydrogen-bond acceptors (Lipinski definition) is 16. The van der Waals surface area contributed by atoms with Gasteiger partial charge in [0.05, 0.1) is 12.5 Å². The van der Waals surface area contributed by atoms with Crippen LogP contribution in [-0.2, 0) is 19.2 Å². The van der Waals surface area contributed by atoms with Gasteiger partial charge in [0.1, 0.15) is 12.2 Å². The molecule has 0 aliphatic carbocycles. The van der Waals surface area contributed by atoms with Crippen LogP contribution in [0.1, 0.15) is 68.2 Å². The SMILES string of the molecule is CC(C)N(C[C-]=O)CCNC(=O)[O-].CC(C)NCCN.CC(C)NCCN(CC(=O)[O-])C(=O)[O-].CCC(=O)[O-].CCC(=O)[O-].[Na+].[Na+].[Na+].[Na+].[Na+].[Na+].[OH-]. The molecule has 0 unspecified atom stereocenters. The Bertz CT molecular complexity index is 768. The summed E-state index contributed by atoms with van der Waals surface area (Å²) in [5.74, 6) is -3.42. The average molecular weight is 792 g/mol. The van der Waals surface area contributed by atoms with Gasteiger partial charge in [-0.1, -0.05) is 48.1 Å². The Balaban J connectivity index is -0.0000000381. The maximum absolute atomic E-state index is 10.4. The Labute approximate surface area is 437 Å². The van der Waals surface area contributed by atoms with E-state index in [0.717, 1.165) is 13.1 Å². The summed E-state index contributed by atoms with van der Waals surface area (Å²) >= 11 is 0. The second-order valence-electron chi connectivity index (χ2n) is 9.44. The molecule has 6 N–H and O–H groups in total. The van der Waals surface area contributed by atoms with E-state index in [1.807, 2.05) is 32.6 Å². The molecule has 0 aliphatic rings. The van der Waals surface area contributed by atoms with E-state index in [9.17, 15) is 54.3 Å². The number of carboxylic acids is 3. The van der Waals surface area contributed by atoms with Crippen molar-refractivity contribution in [2.75, 3.05) is 52.4 Å². The monoisotopic (exact) mass is 791 g/mol. The molecule has 51 heavy (non-hydrogen) atoms. The van der Waals surface area contributed by atoms with Crippen LogP contribution in [0.15, 0.2) is 0 Å². The van der Waals surface area contributed by atoms with Crippen LogP contribution >= 0.6 is 0 Å². The van der Waals surface area contributed by atoms with Gasteiger partial charge in [-0.2, -0.15) is 0 Å². The van der Waals surface area contributed by atoms with Crippen molar-refractivity contribution >= 4 is 36.4 Å². The number of carbonyl (C=O) groups is 5. The Morgan fingerprint density at radius 3 is 1.25 bits per heavy atom. The normalized spacial score (nSPS) is 8.33. The van der Waals surface area contributed by atoms with E-state index >= 15 is 0 Å². The first kappa shape index (κ1) is 85.6. The van der Waals surface area contributed by atoms with Crippen LogP contribution in [0, 0.1) is 0 Å². The molecule has 2 amide bonds. The topological polar surface area (TPSA) is 316 Å². The fraction of sp³-hybridized carbons (Fsp3) is 0.778. The largest absolute Gasteiger partial charge is 1.00 e. The molecule has 0 saturated heterocycles. The second kappa shape index (κ2) is 64.3. The molecular weight excluding hydrogens is 738 g/mol. The quantitative estimate of drug-likeness (QED) is 0.0785. The first-order valence-electron chi connectivity index (χ1n) is 14.1. The molecule has 0 aliphatic heterocycles. The van der Waals surface area contributed by atoms with Crippen molar-refractivity contribution in [2.24, 2.45) is 5.73 Å². The van der Waals surface area contributed by atoms with Gasteiger partial charge in [0, 0.05) is 69.3 Å². The molecule has 18 nitrogen and oxygen atoms in total. The van der Waals surface area contributed by atoms with Crippen LogP contribution in [0.2, 0.25) is 0 Å². The molecule has 0 atom stereocenters. The van der Waals surface area contributed by atoms with Gasteiger partial charge in [-0.3, -0.25) is 0 Å². The van der Waals surface area contributed by atoms with E-state index in [4.69, 9.17) is 5.73 Å². The van der Waals surface area contributed by atoms with Crippen molar-refractivity contribution in [1.82, 2.24) is 25.8 Å². The Morgan fingerprint density at radius 2 is 1.04 bits per heavy atom. The zero-order valence-electron chi connectivity index (χ0n) is 33.7. The molecule has 0 rings (SSSR count). The number of nitrogens with one attached hydrogen (secondary N) is 3. The van der Waals surface area contributed by atoms with Gasteiger partial charge >= 0.3 is 177 Å². The van der Waals surface area contributed by atoms with Gasteiger partial charge in [-0.05, 0) is 26.7 Å². The summed E-state index contributed by atoms with van der Waals surface area (Å²) in [5, 5.41) is 57.3. The van der Waals surface area contributed by atoms with Crippen molar-refractivity contribution in [3.05, 3.63) is 0 Å². The van der Waals surface area contributed by atoms with Crippen molar-refractivity contribution < 1.29 is 237 Å². The first-order chi connectivity index (χ1) is 20.3. The van der Waals surface area contributed by atoms with Gasteiger partial charge < -0.3 is 91.3 Å². The zero-order chi connectivity index (χ0) is 35.7. The number of aliphatic carboxylic acids is 3. The van der Waals surface area contributed by atoms with Crippen LogP contribution in [0.4, 0.5) is 9.59 Å². The number of carboxylic acid groups (broad SMARTS) is 5. The average Bonchev–Trinajstić information content (AvgIpc) is 2.91. The van der Waals surface area contributed by atoms with Crippen molar-refractivity contribution in [2.45, 2.75) is 86.4 Å². The Hall–Kier alpha value is 2.42. The molecule has 0 aromatic carbocycles. The molecule has 0 saturated carbocycles. The summed E-state index contributed by atoms with van der Waals surface area (Å²) in [7, 11) is 0. The third-order valence-electron chi connectivity index (χ3n) is 4.45. The number of nitrogens with zero attached hydrogens (tertiary/aromatic N) is 2. The van der Waals surface area contributed by atoms with E-state index in [1.54, 1.807) is 6.29 Å². The van der Waals surface area contributed by atoms with E-state index in [1.165, 1.54) is 13.8 Å². The Morgan fingerprint density at radius 1 is 0.667 bits per heavy atom. The predicted molar refractivity (Wildman–Crippen MR) is 156 cm³/mol. The molecule has 0 aromatic heterocycles. The molecular formula is C27H53N6Na6O12-. The summed E-state index contributed by atoms with van der Waals surface area (Å²) in [4.78, 5) is 61.7. The number of hydrogen-bond donors (Lipinski definition) is 4. The minimum Gasteiger partial charge on any atom is -0.870 e. The molecule has 0 fully saturated rings. The minimum atomic E-state index is -1.50. The van der Waals surface area contributed by atoms with Gasteiger partial charge in [0.25, 0.3) is 0 Å². The minimum absolute atomic E-state index is 0. The van der Waals surface area contributed by atoms with Crippen LogP contribution < -0.4 is 225 Å². The van der Waals surface area contributed by atoms with E-state index in [0.29, 0.717) is 24.0 Å². The molecule has 270 valence electrons. The van der Waals surface area contributed by atoms with Crippen LogP contribution in [0.25, 0.3) is 0 Å². The summed E-state index contributed by atoms with van der Waals surface area (Å²) < 4.78 is 0. The van der Waals surface area contributed by atoms with Gasteiger partial charge in [0.15, 0.2) is 0 Å². The molecule has 0 bridgehead atoms. The maximum Gasteiger partial charge on any atom is 1.00 e. The zero-order valence-corrected chi connectivity index (χ0v) is 45.7. The fourth-order valence-electron chi connectivity index (χ4n) is 2.16. The maximum atomic E-state index is 10.4. The number of nitrogens with two attached hydrogens (primary N) is 1. The number of rotatable bonds is 17.